The van der Waals surface area contributed by atoms with E-state index in [0.717, 1.165) is 25.5 Å². The van der Waals surface area contributed by atoms with Gasteiger partial charge in [-0.05, 0) is 37.6 Å². The van der Waals surface area contributed by atoms with Crippen molar-refractivity contribution in [2.24, 2.45) is 5.14 Å². The molecule has 1 aliphatic rings. The van der Waals surface area contributed by atoms with Gasteiger partial charge in [0.15, 0.2) is 0 Å². The largest absolute Gasteiger partial charge is 0.313 e. The molecule has 1 fully saturated rings. The zero-order chi connectivity index (χ0) is 14.8. The monoisotopic (exact) mass is 355 g/mol. The minimum atomic E-state index is -3.92. The van der Waals surface area contributed by atoms with Crippen molar-refractivity contribution in [3.63, 3.8) is 0 Å². The van der Waals surface area contributed by atoms with E-state index in [2.05, 4.69) is 10.0 Å². The zero-order valence-corrected chi connectivity index (χ0v) is 13.6. The van der Waals surface area contributed by atoms with E-state index in [9.17, 15) is 16.8 Å². The van der Waals surface area contributed by atoms with Crippen LogP contribution in [0.1, 0.15) is 12.8 Å². The lowest BCUT2D eigenvalue weighted by atomic mass is 10.2. The van der Waals surface area contributed by atoms with Gasteiger partial charge in [-0.25, -0.2) is 26.7 Å². The fourth-order valence-corrected chi connectivity index (χ4v) is 3.80. The molecule has 1 heterocycles. The minimum absolute atomic E-state index is 0. The van der Waals surface area contributed by atoms with Crippen molar-refractivity contribution in [2.75, 3.05) is 13.1 Å². The number of hydrogen-bond donors (Lipinski definition) is 3. The summed E-state index contributed by atoms with van der Waals surface area (Å²) >= 11 is 0. The summed E-state index contributed by atoms with van der Waals surface area (Å²) < 4.78 is 49.1. The molecule has 10 heteroatoms. The maximum absolute atomic E-state index is 12.1. The molecular formula is C11H18ClN3O4S2. The number of sulfonamides is 2. The quantitative estimate of drug-likeness (QED) is 0.675. The SMILES string of the molecule is Cl.NS(=O)(=O)c1cccc(S(=O)(=O)NCC2CCCN2)c1. The highest BCUT2D eigenvalue weighted by atomic mass is 35.5. The Kier molecular flexibility index (Phi) is 6.14. The van der Waals surface area contributed by atoms with Gasteiger partial charge in [0, 0.05) is 12.6 Å². The highest BCUT2D eigenvalue weighted by molar-refractivity contribution is 7.90. The highest BCUT2D eigenvalue weighted by Crippen LogP contribution is 2.15. The van der Waals surface area contributed by atoms with E-state index in [4.69, 9.17) is 5.14 Å². The average Bonchev–Trinajstić information content (AvgIpc) is 2.89. The van der Waals surface area contributed by atoms with E-state index in [0.29, 0.717) is 0 Å². The number of primary sulfonamides is 1. The van der Waals surface area contributed by atoms with Crippen molar-refractivity contribution < 1.29 is 16.8 Å². The van der Waals surface area contributed by atoms with E-state index >= 15 is 0 Å². The second-order valence-electron chi connectivity index (χ2n) is 4.67. The molecule has 2 rings (SSSR count). The highest BCUT2D eigenvalue weighted by Gasteiger charge is 2.20. The molecule has 4 N–H and O–H groups in total. The Labute approximate surface area is 130 Å². The van der Waals surface area contributed by atoms with Crippen molar-refractivity contribution in [2.45, 2.75) is 28.7 Å². The van der Waals surface area contributed by atoms with Crippen LogP contribution in [0.5, 0.6) is 0 Å². The van der Waals surface area contributed by atoms with Gasteiger partial charge >= 0.3 is 0 Å². The maximum atomic E-state index is 12.1. The van der Waals surface area contributed by atoms with E-state index in [1.54, 1.807) is 0 Å². The first-order valence-electron chi connectivity index (χ1n) is 6.15. The van der Waals surface area contributed by atoms with Crippen molar-refractivity contribution in [1.29, 1.82) is 0 Å². The van der Waals surface area contributed by atoms with Crippen LogP contribution in [0.25, 0.3) is 0 Å². The normalized spacial score (nSPS) is 19.2. The van der Waals surface area contributed by atoms with Crippen molar-refractivity contribution >= 4 is 32.5 Å². The number of benzene rings is 1. The standard InChI is InChI=1S/C11H17N3O4S2.ClH/c12-19(15,16)10-4-1-5-11(7-10)20(17,18)14-8-9-3-2-6-13-9;/h1,4-5,7,9,13-14H,2-3,6,8H2,(H2,12,15,16);1H. The van der Waals surface area contributed by atoms with Crippen LogP contribution in [0, 0.1) is 0 Å². The van der Waals surface area contributed by atoms with Crippen LogP contribution in [0.3, 0.4) is 0 Å². The predicted molar refractivity (Wildman–Crippen MR) is 81.3 cm³/mol. The topological polar surface area (TPSA) is 118 Å². The first-order valence-corrected chi connectivity index (χ1v) is 9.18. The van der Waals surface area contributed by atoms with Crippen molar-refractivity contribution in [1.82, 2.24) is 10.0 Å². The molecule has 0 spiro atoms. The summed E-state index contributed by atoms with van der Waals surface area (Å²) in [6.07, 6.45) is 1.94. The smallest absolute Gasteiger partial charge is 0.240 e. The molecule has 0 aromatic heterocycles. The van der Waals surface area contributed by atoms with Gasteiger partial charge in [0.1, 0.15) is 0 Å². The molecule has 7 nitrogen and oxygen atoms in total. The van der Waals surface area contributed by atoms with Gasteiger partial charge in [-0.3, -0.25) is 0 Å². The van der Waals surface area contributed by atoms with Gasteiger partial charge < -0.3 is 5.32 Å². The molecule has 1 aromatic rings. The second-order valence-corrected chi connectivity index (χ2v) is 7.99. The van der Waals surface area contributed by atoms with Crippen LogP contribution in [0.15, 0.2) is 34.1 Å². The summed E-state index contributed by atoms with van der Waals surface area (Å²) in [5.74, 6) is 0. The van der Waals surface area contributed by atoms with Crippen LogP contribution < -0.4 is 15.2 Å². The molecule has 1 aliphatic heterocycles. The minimum Gasteiger partial charge on any atom is -0.313 e. The number of nitrogens with one attached hydrogen (secondary N) is 2. The molecule has 1 aromatic carbocycles. The zero-order valence-electron chi connectivity index (χ0n) is 11.2. The molecule has 1 unspecified atom stereocenters. The average molecular weight is 356 g/mol. The first kappa shape index (κ1) is 18.3. The third-order valence-corrected chi connectivity index (χ3v) is 5.46. The van der Waals surface area contributed by atoms with Gasteiger partial charge in [-0.15, -0.1) is 12.4 Å². The molecule has 0 amide bonds. The maximum Gasteiger partial charge on any atom is 0.240 e. The summed E-state index contributed by atoms with van der Waals surface area (Å²) in [6, 6.07) is 5.11. The number of halogens is 1. The third kappa shape index (κ3) is 4.90. The molecule has 0 aliphatic carbocycles. The number of rotatable bonds is 5. The Morgan fingerprint density at radius 3 is 2.48 bits per heavy atom. The molecule has 0 bridgehead atoms. The van der Waals surface area contributed by atoms with E-state index < -0.39 is 20.0 Å². The summed E-state index contributed by atoms with van der Waals surface area (Å²) in [7, 11) is -7.66. The Bertz CT molecular complexity index is 685. The Balaban J connectivity index is 0.00000220. The number of nitrogens with two attached hydrogens (primary N) is 1. The van der Waals surface area contributed by atoms with Gasteiger partial charge in [-0.2, -0.15) is 0 Å². The Hall–Kier alpha value is -0.710. The molecule has 120 valence electrons. The Morgan fingerprint density at radius 2 is 1.90 bits per heavy atom. The summed E-state index contributed by atoms with van der Waals surface area (Å²) in [5, 5.41) is 8.16. The van der Waals surface area contributed by atoms with E-state index in [-0.39, 0.29) is 34.8 Å². The first-order chi connectivity index (χ1) is 9.29. The lowest BCUT2D eigenvalue weighted by Gasteiger charge is -2.12. The van der Waals surface area contributed by atoms with Gasteiger partial charge in [0.05, 0.1) is 9.79 Å². The van der Waals surface area contributed by atoms with Crippen molar-refractivity contribution in [3.8, 4) is 0 Å². The van der Waals surface area contributed by atoms with Gasteiger partial charge in [0.25, 0.3) is 0 Å². The molecule has 0 radical (unpaired) electrons. The summed E-state index contributed by atoms with van der Waals surface area (Å²) in [6.45, 7) is 1.16. The molecular weight excluding hydrogens is 338 g/mol. The van der Waals surface area contributed by atoms with Gasteiger partial charge in [-0.1, -0.05) is 6.07 Å². The molecule has 1 saturated heterocycles. The fraction of sp³-hybridized carbons (Fsp3) is 0.455. The van der Waals surface area contributed by atoms with E-state index in [1.165, 1.54) is 18.2 Å². The lowest BCUT2D eigenvalue weighted by Crippen LogP contribution is -2.37. The van der Waals surface area contributed by atoms with Crippen molar-refractivity contribution in [3.05, 3.63) is 24.3 Å². The fourth-order valence-electron chi connectivity index (χ4n) is 2.04. The second kappa shape index (κ2) is 7.03. The van der Waals surface area contributed by atoms with Crippen LogP contribution in [-0.4, -0.2) is 36.0 Å². The van der Waals surface area contributed by atoms with Gasteiger partial charge in [0.2, 0.25) is 20.0 Å². The molecule has 1 atom stereocenters. The molecule has 0 saturated carbocycles. The van der Waals surface area contributed by atoms with Crippen LogP contribution >= 0.6 is 12.4 Å². The van der Waals surface area contributed by atoms with Crippen LogP contribution in [0.4, 0.5) is 0 Å². The van der Waals surface area contributed by atoms with Crippen LogP contribution in [-0.2, 0) is 20.0 Å². The Morgan fingerprint density at radius 1 is 1.24 bits per heavy atom. The summed E-state index contributed by atoms with van der Waals surface area (Å²) in [4.78, 5) is -0.332. The number of hydrogen-bond acceptors (Lipinski definition) is 5. The van der Waals surface area contributed by atoms with E-state index in [1.807, 2.05) is 0 Å². The predicted octanol–water partition coefficient (Wildman–Crippen LogP) is -0.214. The molecule has 21 heavy (non-hydrogen) atoms. The third-order valence-electron chi connectivity index (χ3n) is 3.13. The summed E-state index contributed by atoms with van der Waals surface area (Å²) in [5.41, 5.74) is 0. The van der Waals surface area contributed by atoms with Crippen LogP contribution in [0.2, 0.25) is 0 Å². The lowest BCUT2D eigenvalue weighted by molar-refractivity contribution is 0.551.